The van der Waals surface area contributed by atoms with Gasteiger partial charge < -0.3 is 14.8 Å². The molecule has 3 nitrogen and oxygen atoms in total. The molecule has 0 heterocycles. The van der Waals surface area contributed by atoms with Gasteiger partial charge in [0.25, 0.3) is 0 Å². The van der Waals surface area contributed by atoms with Gasteiger partial charge in [0.1, 0.15) is 0 Å². The molecule has 1 aromatic rings. The van der Waals surface area contributed by atoms with Crippen molar-refractivity contribution in [3.63, 3.8) is 0 Å². The van der Waals surface area contributed by atoms with Crippen LogP contribution >= 0.6 is 0 Å². The molecule has 1 aromatic carbocycles. The average Bonchev–Trinajstić information content (AvgIpc) is 2.42. The van der Waals surface area contributed by atoms with Gasteiger partial charge in [0.15, 0.2) is 11.5 Å². The van der Waals surface area contributed by atoms with E-state index >= 15 is 0 Å². The maximum atomic E-state index is 5.49. The lowest BCUT2D eigenvalue weighted by atomic mass is 10.0. The molecular formula is C15H25NO2. The van der Waals surface area contributed by atoms with Crippen LogP contribution < -0.4 is 14.8 Å². The van der Waals surface area contributed by atoms with Gasteiger partial charge >= 0.3 is 0 Å². The lowest BCUT2D eigenvalue weighted by Gasteiger charge is -2.21. The Morgan fingerprint density at radius 3 is 2.50 bits per heavy atom. The van der Waals surface area contributed by atoms with Crippen LogP contribution in [0.4, 0.5) is 0 Å². The standard InChI is InChI=1S/C15H25NO2/c1-5-7-11-16-13(6-2)12-9-8-10-14(17-3)15(12)18-4/h8-10,13,16H,5-7,11H2,1-4H3. The predicted octanol–water partition coefficient (Wildman–Crippen LogP) is 3.54. The molecule has 0 aromatic heterocycles. The highest BCUT2D eigenvalue weighted by Crippen LogP contribution is 2.35. The molecule has 0 amide bonds. The summed E-state index contributed by atoms with van der Waals surface area (Å²) >= 11 is 0. The van der Waals surface area contributed by atoms with E-state index in [9.17, 15) is 0 Å². The number of ether oxygens (including phenoxy) is 2. The summed E-state index contributed by atoms with van der Waals surface area (Å²) in [6.07, 6.45) is 3.44. The third-order valence-electron chi connectivity index (χ3n) is 3.14. The zero-order chi connectivity index (χ0) is 13.4. The molecule has 0 bridgehead atoms. The second-order valence-corrected chi connectivity index (χ2v) is 4.35. The number of para-hydroxylation sites is 1. The molecule has 3 heteroatoms. The van der Waals surface area contributed by atoms with Gasteiger partial charge in [0.05, 0.1) is 14.2 Å². The van der Waals surface area contributed by atoms with E-state index in [0.717, 1.165) is 24.5 Å². The topological polar surface area (TPSA) is 30.5 Å². The van der Waals surface area contributed by atoms with Gasteiger partial charge in [-0.1, -0.05) is 32.4 Å². The molecule has 0 saturated carbocycles. The Kier molecular flexibility index (Phi) is 6.58. The molecule has 1 N–H and O–H groups in total. The van der Waals surface area contributed by atoms with Crippen molar-refractivity contribution in [1.29, 1.82) is 0 Å². The van der Waals surface area contributed by atoms with Crippen molar-refractivity contribution in [1.82, 2.24) is 5.32 Å². The van der Waals surface area contributed by atoms with Crippen molar-refractivity contribution >= 4 is 0 Å². The van der Waals surface area contributed by atoms with E-state index in [2.05, 4.69) is 25.2 Å². The highest BCUT2D eigenvalue weighted by atomic mass is 16.5. The molecule has 0 aliphatic heterocycles. The van der Waals surface area contributed by atoms with Crippen LogP contribution in [0, 0.1) is 0 Å². The first-order chi connectivity index (χ1) is 8.78. The maximum absolute atomic E-state index is 5.49. The molecule has 1 atom stereocenters. The van der Waals surface area contributed by atoms with Crippen molar-refractivity contribution in [2.75, 3.05) is 20.8 Å². The Labute approximate surface area is 110 Å². The fourth-order valence-electron chi connectivity index (χ4n) is 2.11. The third kappa shape index (κ3) is 3.64. The summed E-state index contributed by atoms with van der Waals surface area (Å²) in [6, 6.07) is 6.37. The summed E-state index contributed by atoms with van der Waals surface area (Å²) in [5.41, 5.74) is 1.18. The molecule has 18 heavy (non-hydrogen) atoms. The van der Waals surface area contributed by atoms with Crippen molar-refractivity contribution < 1.29 is 9.47 Å². The number of hydrogen-bond donors (Lipinski definition) is 1. The molecule has 1 rings (SSSR count). The Morgan fingerprint density at radius 1 is 1.17 bits per heavy atom. The predicted molar refractivity (Wildman–Crippen MR) is 75.5 cm³/mol. The van der Waals surface area contributed by atoms with E-state index < -0.39 is 0 Å². The van der Waals surface area contributed by atoms with E-state index in [1.165, 1.54) is 18.4 Å². The van der Waals surface area contributed by atoms with Crippen LogP contribution in [-0.4, -0.2) is 20.8 Å². The number of benzene rings is 1. The van der Waals surface area contributed by atoms with Crippen molar-refractivity contribution in [3.05, 3.63) is 23.8 Å². The summed E-state index contributed by atoms with van der Waals surface area (Å²) < 4.78 is 10.8. The smallest absolute Gasteiger partial charge is 0.165 e. The van der Waals surface area contributed by atoms with E-state index in [0.29, 0.717) is 6.04 Å². The van der Waals surface area contributed by atoms with Gasteiger partial charge in [-0.05, 0) is 25.5 Å². The number of nitrogens with one attached hydrogen (secondary N) is 1. The number of methoxy groups -OCH3 is 2. The van der Waals surface area contributed by atoms with Gasteiger partial charge in [0, 0.05) is 11.6 Å². The first-order valence-corrected chi connectivity index (χ1v) is 6.72. The summed E-state index contributed by atoms with van der Waals surface area (Å²) in [6.45, 7) is 5.42. The average molecular weight is 251 g/mol. The molecule has 0 spiro atoms. The number of unbranched alkanes of at least 4 members (excludes halogenated alkanes) is 1. The molecule has 0 radical (unpaired) electrons. The zero-order valence-corrected chi connectivity index (χ0v) is 12.0. The molecular weight excluding hydrogens is 226 g/mol. The zero-order valence-electron chi connectivity index (χ0n) is 12.0. The van der Waals surface area contributed by atoms with Crippen LogP contribution in [0.3, 0.4) is 0 Å². The van der Waals surface area contributed by atoms with E-state index in [4.69, 9.17) is 9.47 Å². The van der Waals surface area contributed by atoms with Crippen LogP contribution in [0.25, 0.3) is 0 Å². The number of rotatable bonds is 8. The Hall–Kier alpha value is -1.22. The lowest BCUT2D eigenvalue weighted by Crippen LogP contribution is -2.22. The summed E-state index contributed by atoms with van der Waals surface area (Å²) in [7, 11) is 3.37. The van der Waals surface area contributed by atoms with Crippen molar-refractivity contribution in [2.45, 2.75) is 39.2 Å². The van der Waals surface area contributed by atoms with Crippen LogP contribution in [0.1, 0.15) is 44.7 Å². The summed E-state index contributed by atoms with van der Waals surface area (Å²) in [4.78, 5) is 0. The minimum Gasteiger partial charge on any atom is -0.493 e. The van der Waals surface area contributed by atoms with E-state index in [1.54, 1.807) is 14.2 Å². The van der Waals surface area contributed by atoms with Gasteiger partial charge in [-0.25, -0.2) is 0 Å². The summed E-state index contributed by atoms with van der Waals surface area (Å²) in [5, 5.41) is 3.58. The highest BCUT2D eigenvalue weighted by Gasteiger charge is 2.16. The van der Waals surface area contributed by atoms with Gasteiger partial charge in [0.2, 0.25) is 0 Å². The van der Waals surface area contributed by atoms with Gasteiger partial charge in [-0.2, -0.15) is 0 Å². The van der Waals surface area contributed by atoms with E-state index in [1.807, 2.05) is 12.1 Å². The maximum Gasteiger partial charge on any atom is 0.165 e. The minimum atomic E-state index is 0.321. The van der Waals surface area contributed by atoms with Crippen LogP contribution in [0.2, 0.25) is 0 Å². The SMILES string of the molecule is CCCCNC(CC)c1cccc(OC)c1OC. The second kappa shape index (κ2) is 7.98. The molecule has 0 saturated heterocycles. The first kappa shape index (κ1) is 14.8. The first-order valence-electron chi connectivity index (χ1n) is 6.72. The monoisotopic (exact) mass is 251 g/mol. The van der Waals surface area contributed by atoms with Crippen molar-refractivity contribution in [3.8, 4) is 11.5 Å². The fraction of sp³-hybridized carbons (Fsp3) is 0.600. The van der Waals surface area contributed by atoms with Gasteiger partial charge in [-0.15, -0.1) is 0 Å². The van der Waals surface area contributed by atoms with Crippen LogP contribution in [0.15, 0.2) is 18.2 Å². The van der Waals surface area contributed by atoms with E-state index in [-0.39, 0.29) is 0 Å². The lowest BCUT2D eigenvalue weighted by molar-refractivity contribution is 0.345. The molecule has 1 unspecified atom stereocenters. The Morgan fingerprint density at radius 2 is 1.94 bits per heavy atom. The fourth-order valence-corrected chi connectivity index (χ4v) is 2.11. The van der Waals surface area contributed by atoms with Crippen LogP contribution in [0.5, 0.6) is 11.5 Å². The molecule has 0 fully saturated rings. The molecule has 0 aliphatic carbocycles. The van der Waals surface area contributed by atoms with Crippen LogP contribution in [-0.2, 0) is 0 Å². The summed E-state index contributed by atoms with van der Waals surface area (Å²) in [5.74, 6) is 1.64. The minimum absolute atomic E-state index is 0.321. The second-order valence-electron chi connectivity index (χ2n) is 4.35. The quantitative estimate of drug-likeness (QED) is 0.717. The normalized spacial score (nSPS) is 12.2. The van der Waals surface area contributed by atoms with Gasteiger partial charge in [-0.3, -0.25) is 0 Å². The Balaban J connectivity index is 2.90. The van der Waals surface area contributed by atoms with Crippen molar-refractivity contribution in [2.24, 2.45) is 0 Å². The third-order valence-corrected chi connectivity index (χ3v) is 3.14. The Bertz CT molecular complexity index is 352. The highest BCUT2D eigenvalue weighted by molar-refractivity contribution is 5.48. The number of hydrogen-bond acceptors (Lipinski definition) is 3. The molecule has 0 aliphatic rings. The largest absolute Gasteiger partial charge is 0.493 e. The molecule has 102 valence electrons.